The van der Waals surface area contributed by atoms with Crippen LogP contribution in [-0.2, 0) is 30.9 Å². The Morgan fingerprint density at radius 3 is 2.42 bits per heavy atom. The van der Waals surface area contributed by atoms with Crippen LogP contribution in [0, 0.1) is 0 Å². The molecule has 4 rings (SSSR count). The molecule has 10 nitrogen and oxygen atoms in total. The van der Waals surface area contributed by atoms with Gasteiger partial charge in [-0.3, -0.25) is 14.5 Å². The predicted molar refractivity (Wildman–Crippen MR) is 119 cm³/mol. The highest BCUT2D eigenvalue weighted by Crippen LogP contribution is 2.35. The number of amides is 4. The molecule has 1 aliphatic carbocycles. The first-order chi connectivity index (χ1) is 15.8. The molecule has 1 aromatic carbocycles. The molecule has 2 heterocycles. The van der Waals surface area contributed by atoms with Crippen molar-refractivity contribution in [3.63, 3.8) is 0 Å². The van der Waals surface area contributed by atoms with Crippen molar-refractivity contribution >= 4 is 27.9 Å². The van der Waals surface area contributed by atoms with Gasteiger partial charge in [0.05, 0.1) is 18.1 Å². The van der Waals surface area contributed by atoms with Gasteiger partial charge < -0.3 is 15.4 Å². The van der Waals surface area contributed by atoms with Crippen molar-refractivity contribution in [2.24, 2.45) is 0 Å². The summed E-state index contributed by atoms with van der Waals surface area (Å²) >= 11 is 0. The van der Waals surface area contributed by atoms with Crippen molar-refractivity contribution in [2.75, 3.05) is 32.8 Å². The van der Waals surface area contributed by atoms with E-state index >= 15 is 0 Å². The molecule has 1 saturated carbocycles. The number of rotatable bonds is 8. The van der Waals surface area contributed by atoms with E-state index in [9.17, 15) is 22.8 Å². The fourth-order valence-corrected chi connectivity index (χ4v) is 6.01. The van der Waals surface area contributed by atoms with E-state index in [1.165, 1.54) is 9.21 Å². The predicted octanol–water partition coefficient (Wildman–Crippen LogP) is 0.969. The third kappa shape index (κ3) is 5.04. The Hall–Kier alpha value is -2.50. The standard InChI is InChI=1S/C22H30N4O6S/c27-19(4-3-11-26-20(28)22(24-21(26)29)9-1-2-10-22)23-16-17-5-7-18(8-6-17)33(30,31)25-12-14-32-15-13-25/h5-8H,1-4,9-16H2,(H,23,27)(H,24,29). The number of sulfonamides is 1. The molecule has 2 N–H and O–H groups in total. The molecule has 11 heteroatoms. The number of hydrogen-bond donors (Lipinski definition) is 2. The Labute approximate surface area is 193 Å². The van der Waals surface area contributed by atoms with Gasteiger partial charge in [-0.1, -0.05) is 25.0 Å². The third-order valence-corrected chi connectivity index (χ3v) is 8.42. The van der Waals surface area contributed by atoms with Crippen molar-refractivity contribution in [2.45, 2.75) is 55.5 Å². The van der Waals surface area contributed by atoms with E-state index in [2.05, 4.69) is 10.6 Å². The number of benzene rings is 1. The van der Waals surface area contributed by atoms with E-state index in [4.69, 9.17) is 4.74 Å². The summed E-state index contributed by atoms with van der Waals surface area (Å²) in [4.78, 5) is 38.4. The molecule has 0 bridgehead atoms. The molecule has 3 fully saturated rings. The van der Waals surface area contributed by atoms with Gasteiger partial charge in [0.25, 0.3) is 5.91 Å². The minimum Gasteiger partial charge on any atom is -0.379 e. The number of morpholine rings is 1. The Kier molecular flexibility index (Phi) is 7.01. The lowest BCUT2D eigenvalue weighted by Gasteiger charge is -2.26. The van der Waals surface area contributed by atoms with Gasteiger partial charge in [0, 0.05) is 32.6 Å². The van der Waals surface area contributed by atoms with Crippen LogP contribution in [0.25, 0.3) is 0 Å². The summed E-state index contributed by atoms with van der Waals surface area (Å²) in [5, 5.41) is 5.63. The number of ether oxygens (including phenoxy) is 1. The van der Waals surface area contributed by atoms with Gasteiger partial charge in [0.2, 0.25) is 15.9 Å². The number of carbonyl (C=O) groups excluding carboxylic acids is 3. The highest BCUT2D eigenvalue weighted by molar-refractivity contribution is 7.89. The lowest BCUT2D eigenvalue weighted by Crippen LogP contribution is -2.44. The molecule has 2 saturated heterocycles. The van der Waals surface area contributed by atoms with Crippen LogP contribution in [0.1, 0.15) is 44.1 Å². The molecule has 1 aromatic rings. The van der Waals surface area contributed by atoms with Crippen molar-refractivity contribution < 1.29 is 27.5 Å². The van der Waals surface area contributed by atoms with E-state index in [1.807, 2.05) is 0 Å². The van der Waals surface area contributed by atoms with Crippen molar-refractivity contribution in [3.05, 3.63) is 29.8 Å². The molecule has 0 aromatic heterocycles. The molecule has 180 valence electrons. The van der Waals surface area contributed by atoms with Gasteiger partial charge in [-0.25, -0.2) is 13.2 Å². The van der Waals surface area contributed by atoms with Crippen LogP contribution >= 0.6 is 0 Å². The number of hydrogen-bond acceptors (Lipinski definition) is 6. The van der Waals surface area contributed by atoms with Gasteiger partial charge in [-0.05, 0) is 37.0 Å². The maximum absolute atomic E-state index is 12.7. The second-order valence-electron chi connectivity index (χ2n) is 8.72. The monoisotopic (exact) mass is 478 g/mol. The Morgan fingerprint density at radius 1 is 1.09 bits per heavy atom. The zero-order valence-corrected chi connectivity index (χ0v) is 19.4. The SMILES string of the molecule is O=C(CCCN1C(=O)NC2(CCCC2)C1=O)NCc1ccc(S(=O)(=O)N2CCOCC2)cc1. The number of imide groups is 1. The zero-order valence-electron chi connectivity index (χ0n) is 18.5. The van der Waals surface area contributed by atoms with Crippen molar-refractivity contribution in [1.29, 1.82) is 0 Å². The maximum atomic E-state index is 12.7. The topological polar surface area (TPSA) is 125 Å². The first-order valence-corrected chi connectivity index (χ1v) is 12.8. The molecule has 0 unspecified atom stereocenters. The van der Waals surface area contributed by atoms with Gasteiger partial charge in [-0.2, -0.15) is 4.31 Å². The summed E-state index contributed by atoms with van der Waals surface area (Å²) < 4.78 is 31.9. The Morgan fingerprint density at radius 2 is 1.76 bits per heavy atom. The van der Waals surface area contributed by atoms with Gasteiger partial charge in [0.1, 0.15) is 5.54 Å². The number of urea groups is 1. The summed E-state index contributed by atoms with van der Waals surface area (Å²) in [5.41, 5.74) is 0.0577. The minimum absolute atomic E-state index is 0.169. The van der Waals surface area contributed by atoms with Gasteiger partial charge >= 0.3 is 6.03 Å². The minimum atomic E-state index is -3.55. The normalized spacial score (nSPS) is 20.9. The van der Waals surface area contributed by atoms with Crippen LogP contribution in [0.2, 0.25) is 0 Å². The highest BCUT2D eigenvalue weighted by atomic mass is 32.2. The lowest BCUT2D eigenvalue weighted by molar-refractivity contribution is -0.131. The molecular formula is C22H30N4O6S. The van der Waals surface area contributed by atoms with Crippen molar-refractivity contribution in [3.8, 4) is 0 Å². The largest absolute Gasteiger partial charge is 0.379 e. The highest BCUT2D eigenvalue weighted by Gasteiger charge is 2.52. The lowest BCUT2D eigenvalue weighted by atomic mass is 9.98. The van der Waals surface area contributed by atoms with Gasteiger partial charge in [0.15, 0.2) is 0 Å². The zero-order chi connectivity index (χ0) is 23.5. The van der Waals surface area contributed by atoms with Crippen LogP contribution in [0.15, 0.2) is 29.2 Å². The molecule has 4 amide bonds. The average molecular weight is 479 g/mol. The molecule has 1 spiro atoms. The van der Waals surface area contributed by atoms with Crippen LogP contribution < -0.4 is 10.6 Å². The number of carbonyl (C=O) groups is 3. The second-order valence-corrected chi connectivity index (χ2v) is 10.7. The van der Waals surface area contributed by atoms with Crippen LogP contribution in [0.4, 0.5) is 4.79 Å². The maximum Gasteiger partial charge on any atom is 0.325 e. The summed E-state index contributed by atoms with van der Waals surface area (Å²) in [5.74, 6) is -0.361. The van der Waals surface area contributed by atoms with Crippen LogP contribution in [0.3, 0.4) is 0 Å². The molecule has 2 aliphatic heterocycles. The fraction of sp³-hybridized carbons (Fsp3) is 0.591. The summed E-state index contributed by atoms with van der Waals surface area (Å²) in [6, 6.07) is 6.09. The first kappa shape index (κ1) is 23.7. The van der Waals surface area contributed by atoms with E-state index in [1.54, 1.807) is 24.3 Å². The van der Waals surface area contributed by atoms with E-state index in [0.717, 1.165) is 18.4 Å². The van der Waals surface area contributed by atoms with Gasteiger partial charge in [-0.15, -0.1) is 0 Å². The third-order valence-electron chi connectivity index (χ3n) is 6.51. The van der Waals surface area contributed by atoms with Crippen molar-refractivity contribution in [1.82, 2.24) is 19.8 Å². The summed E-state index contributed by atoms with van der Waals surface area (Å²) in [6.07, 6.45) is 3.80. The number of nitrogens with zero attached hydrogens (tertiary/aromatic N) is 2. The number of nitrogens with one attached hydrogen (secondary N) is 2. The second kappa shape index (κ2) is 9.78. The van der Waals surface area contributed by atoms with E-state index < -0.39 is 15.6 Å². The molecular weight excluding hydrogens is 448 g/mol. The van der Waals surface area contributed by atoms with Crippen LogP contribution in [0.5, 0.6) is 0 Å². The Bertz CT molecular complexity index is 998. The molecule has 0 atom stereocenters. The quantitative estimate of drug-likeness (QED) is 0.537. The smallest absolute Gasteiger partial charge is 0.325 e. The first-order valence-electron chi connectivity index (χ1n) is 11.4. The molecule has 3 aliphatic rings. The summed E-state index contributed by atoms with van der Waals surface area (Å²) in [7, 11) is -3.55. The van der Waals surface area contributed by atoms with E-state index in [0.29, 0.717) is 45.6 Å². The fourth-order valence-electron chi connectivity index (χ4n) is 4.60. The van der Waals surface area contributed by atoms with Crippen LogP contribution in [-0.4, -0.2) is 73.9 Å². The van der Waals surface area contributed by atoms with E-state index in [-0.39, 0.29) is 42.3 Å². The Balaban J connectivity index is 1.21. The molecule has 0 radical (unpaired) electrons. The summed E-state index contributed by atoms with van der Waals surface area (Å²) in [6.45, 7) is 1.94. The molecule has 33 heavy (non-hydrogen) atoms. The average Bonchev–Trinajstić information content (AvgIpc) is 3.38.